The molecular weight excluding hydrogens is 177 g/mol. The zero-order valence-corrected chi connectivity index (χ0v) is 6.51. The van der Waals surface area contributed by atoms with Gasteiger partial charge in [-0.15, -0.1) is 0 Å². The van der Waals surface area contributed by atoms with Crippen molar-refractivity contribution in [3.63, 3.8) is 0 Å². The molecule has 0 bridgehead atoms. The van der Waals surface area contributed by atoms with E-state index in [0.717, 1.165) is 0 Å². The molecule has 2 atom stereocenters. The lowest BCUT2D eigenvalue weighted by Gasteiger charge is -2.31. The van der Waals surface area contributed by atoms with Crippen molar-refractivity contribution >= 4 is 5.78 Å². The van der Waals surface area contributed by atoms with Crippen LogP contribution in [0.4, 0.5) is 13.2 Å². The summed E-state index contributed by atoms with van der Waals surface area (Å²) in [4.78, 5) is 10.4. The molecule has 0 amide bonds. The number of halogens is 3. The number of carbonyl (C=O) groups is 1. The van der Waals surface area contributed by atoms with Crippen molar-refractivity contribution in [3.05, 3.63) is 0 Å². The molecule has 0 aliphatic heterocycles. The van der Waals surface area contributed by atoms with Crippen molar-refractivity contribution in [2.75, 3.05) is 0 Å². The quantitative estimate of drug-likeness (QED) is 0.664. The van der Waals surface area contributed by atoms with Gasteiger partial charge in [-0.3, -0.25) is 4.79 Å². The van der Waals surface area contributed by atoms with E-state index in [4.69, 9.17) is 10.2 Å². The molecule has 2 N–H and O–H groups in total. The first-order valence-corrected chi connectivity index (χ1v) is 3.07. The van der Waals surface area contributed by atoms with Crippen LogP contribution >= 0.6 is 0 Å². The van der Waals surface area contributed by atoms with E-state index < -0.39 is 23.7 Å². The number of alkyl halides is 3. The van der Waals surface area contributed by atoms with Crippen molar-refractivity contribution in [1.29, 1.82) is 0 Å². The van der Waals surface area contributed by atoms with Gasteiger partial charge in [0.2, 0.25) is 0 Å². The Labute approximate surface area is 66.8 Å². The van der Waals surface area contributed by atoms with Gasteiger partial charge in [-0.2, -0.15) is 0 Å². The summed E-state index contributed by atoms with van der Waals surface area (Å²) in [7, 11) is 0. The third-order valence-electron chi connectivity index (χ3n) is 1.66. The molecule has 0 saturated carbocycles. The number of aliphatic hydroxyl groups is 2. The monoisotopic (exact) mass is 186 g/mol. The van der Waals surface area contributed by atoms with Gasteiger partial charge in [-0.05, 0) is 13.8 Å². The number of carbonyl (C=O) groups excluding carboxylic acids is 1. The Morgan fingerprint density at radius 2 is 1.75 bits per heavy atom. The van der Waals surface area contributed by atoms with Crippen LogP contribution in [-0.4, -0.2) is 33.9 Å². The van der Waals surface area contributed by atoms with Gasteiger partial charge >= 0.3 is 5.85 Å². The van der Waals surface area contributed by atoms with Crippen LogP contribution in [0.1, 0.15) is 13.8 Å². The Morgan fingerprint density at radius 1 is 1.42 bits per heavy atom. The summed E-state index contributed by atoms with van der Waals surface area (Å²) >= 11 is 0. The summed E-state index contributed by atoms with van der Waals surface area (Å²) in [5.74, 6) is -5.48. The second-order valence-electron chi connectivity index (χ2n) is 2.60. The lowest BCUT2D eigenvalue weighted by atomic mass is 9.93. The molecule has 0 aromatic carbocycles. The maximum absolute atomic E-state index is 12.6. The fourth-order valence-electron chi connectivity index (χ4n) is 0.459. The van der Waals surface area contributed by atoms with Gasteiger partial charge < -0.3 is 10.2 Å². The molecule has 0 aliphatic carbocycles. The van der Waals surface area contributed by atoms with Gasteiger partial charge in [0, 0.05) is 0 Å². The number of hydrogen-bond acceptors (Lipinski definition) is 3. The standard InChI is InChI=1S/C6H9F3O3/c1-3(10)5(2,11)6(9,12)4(7)8/h4,11-12H,1-2H3/t5-,6-/m0/s1. The SMILES string of the molecule is CC(=O)[C@](C)(O)[C@](O)(F)C(F)F. The molecule has 0 radical (unpaired) electrons. The van der Waals surface area contributed by atoms with E-state index in [1.165, 1.54) is 0 Å². The molecule has 6 heteroatoms. The fraction of sp³-hybridized carbons (Fsp3) is 0.833. The summed E-state index contributed by atoms with van der Waals surface area (Å²) < 4.78 is 36.0. The Morgan fingerprint density at radius 3 is 1.83 bits per heavy atom. The highest BCUT2D eigenvalue weighted by atomic mass is 19.3. The van der Waals surface area contributed by atoms with E-state index >= 15 is 0 Å². The maximum atomic E-state index is 12.6. The molecule has 0 aromatic rings. The number of rotatable bonds is 3. The molecule has 0 rings (SSSR count). The summed E-state index contributed by atoms with van der Waals surface area (Å²) in [5, 5.41) is 17.2. The summed E-state index contributed by atoms with van der Waals surface area (Å²) in [6.45, 7) is 1.19. The molecule has 12 heavy (non-hydrogen) atoms. The van der Waals surface area contributed by atoms with Crippen LogP contribution in [0.15, 0.2) is 0 Å². The third kappa shape index (κ3) is 1.59. The average Bonchev–Trinajstić information content (AvgIpc) is 1.86. The summed E-state index contributed by atoms with van der Waals surface area (Å²) in [6, 6.07) is 0. The predicted molar refractivity (Wildman–Crippen MR) is 33.4 cm³/mol. The zero-order chi connectivity index (χ0) is 10.2. The maximum Gasteiger partial charge on any atom is 0.303 e. The van der Waals surface area contributed by atoms with Gasteiger partial charge in [0.05, 0.1) is 0 Å². The lowest BCUT2D eigenvalue weighted by Crippen LogP contribution is -2.58. The molecule has 0 heterocycles. The third-order valence-corrected chi connectivity index (χ3v) is 1.66. The largest absolute Gasteiger partial charge is 0.377 e. The van der Waals surface area contributed by atoms with E-state index in [-0.39, 0.29) is 0 Å². The highest BCUT2D eigenvalue weighted by Crippen LogP contribution is 2.30. The minimum Gasteiger partial charge on any atom is -0.377 e. The molecule has 3 nitrogen and oxygen atoms in total. The van der Waals surface area contributed by atoms with E-state index in [1.807, 2.05) is 0 Å². The number of hydrogen-bond donors (Lipinski definition) is 2. The van der Waals surface area contributed by atoms with E-state index in [1.54, 1.807) is 0 Å². The fourth-order valence-corrected chi connectivity index (χ4v) is 0.459. The molecule has 0 aromatic heterocycles. The van der Waals surface area contributed by atoms with Gasteiger partial charge in [-0.25, -0.2) is 13.2 Å². The molecule has 0 spiro atoms. The second kappa shape index (κ2) is 3.02. The Bertz CT molecular complexity index is 188. The van der Waals surface area contributed by atoms with Gasteiger partial charge in [0.1, 0.15) is 0 Å². The molecular formula is C6H9F3O3. The Kier molecular flexibility index (Phi) is 2.87. The molecule has 0 unspecified atom stereocenters. The van der Waals surface area contributed by atoms with Crippen LogP contribution in [0.3, 0.4) is 0 Å². The van der Waals surface area contributed by atoms with E-state index in [9.17, 15) is 18.0 Å². The number of Topliss-reactive ketones (excluding diaryl/α,β-unsaturated/α-hetero) is 1. The molecule has 72 valence electrons. The summed E-state index contributed by atoms with van der Waals surface area (Å²) in [5.41, 5.74) is -3.08. The highest BCUT2D eigenvalue weighted by molar-refractivity contribution is 5.85. The predicted octanol–water partition coefficient (Wildman–Crippen LogP) is 0.250. The lowest BCUT2D eigenvalue weighted by molar-refractivity contribution is -0.269. The highest BCUT2D eigenvalue weighted by Gasteiger charge is 2.57. The van der Waals surface area contributed by atoms with Gasteiger partial charge in [-0.1, -0.05) is 0 Å². The first-order chi connectivity index (χ1) is 5.14. The van der Waals surface area contributed by atoms with Crippen molar-refractivity contribution < 1.29 is 28.2 Å². The van der Waals surface area contributed by atoms with Crippen LogP contribution in [-0.2, 0) is 4.79 Å². The van der Waals surface area contributed by atoms with Crippen LogP contribution in [0.2, 0.25) is 0 Å². The van der Waals surface area contributed by atoms with Crippen LogP contribution in [0, 0.1) is 0 Å². The summed E-state index contributed by atoms with van der Waals surface area (Å²) in [6.07, 6.45) is -3.84. The van der Waals surface area contributed by atoms with Gasteiger partial charge in [0.25, 0.3) is 6.43 Å². The van der Waals surface area contributed by atoms with Crippen molar-refractivity contribution in [3.8, 4) is 0 Å². The van der Waals surface area contributed by atoms with Crippen molar-refractivity contribution in [1.82, 2.24) is 0 Å². The Balaban J connectivity index is 4.88. The van der Waals surface area contributed by atoms with Crippen LogP contribution in [0.5, 0.6) is 0 Å². The minimum absolute atomic E-state index is 0.488. The van der Waals surface area contributed by atoms with Crippen LogP contribution in [0.25, 0.3) is 0 Å². The number of ketones is 1. The smallest absolute Gasteiger partial charge is 0.303 e. The van der Waals surface area contributed by atoms with Gasteiger partial charge in [0.15, 0.2) is 11.4 Å². The first kappa shape index (κ1) is 11.4. The normalized spacial score (nSPS) is 21.7. The Hall–Kier alpha value is -0.620. The van der Waals surface area contributed by atoms with Crippen LogP contribution < -0.4 is 0 Å². The molecule has 0 aliphatic rings. The second-order valence-corrected chi connectivity index (χ2v) is 2.60. The molecule has 0 saturated heterocycles. The topological polar surface area (TPSA) is 57.5 Å². The zero-order valence-electron chi connectivity index (χ0n) is 6.51. The average molecular weight is 186 g/mol. The first-order valence-electron chi connectivity index (χ1n) is 3.07. The van der Waals surface area contributed by atoms with E-state index in [0.29, 0.717) is 13.8 Å². The van der Waals surface area contributed by atoms with Crippen molar-refractivity contribution in [2.24, 2.45) is 0 Å². The minimum atomic E-state index is -4.21. The molecule has 0 fully saturated rings. The van der Waals surface area contributed by atoms with E-state index in [2.05, 4.69) is 0 Å². The van der Waals surface area contributed by atoms with Crippen molar-refractivity contribution in [2.45, 2.75) is 31.7 Å².